The van der Waals surface area contributed by atoms with Crippen LogP contribution in [0.4, 0.5) is 0 Å². The third-order valence-electron chi connectivity index (χ3n) is 2.82. The van der Waals surface area contributed by atoms with E-state index in [2.05, 4.69) is 57.1 Å². The van der Waals surface area contributed by atoms with Crippen LogP contribution >= 0.6 is 31.9 Å². The van der Waals surface area contributed by atoms with Crippen LogP contribution in [0.1, 0.15) is 39.2 Å². The summed E-state index contributed by atoms with van der Waals surface area (Å²) in [6.07, 6.45) is 2.49. The van der Waals surface area contributed by atoms with Crippen molar-refractivity contribution in [2.45, 2.75) is 40.2 Å². The van der Waals surface area contributed by atoms with Crippen molar-refractivity contribution in [2.75, 3.05) is 13.2 Å². The first kappa shape index (κ1) is 17.0. The zero-order chi connectivity index (χ0) is 14.3. The van der Waals surface area contributed by atoms with E-state index in [9.17, 15) is 0 Å². The van der Waals surface area contributed by atoms with Crippen LogP contribution in [-0.4, -0.2) is 13.2 Å². The third-order valence-corrected chi connectivity index (χ3v) is 3.87. The summed E-state index contributed by atoms with van der Waals surface area (Å²) in [5, 5.41) is 3.49. The van der Waals surface area contributed by atoms with Gasteiger partial charge in [0.2, 0.25) is 0 Å². The Kier molecular flexibility index (Phi) is 8.03. The summed E-state index contributed by atoms with van der Waals surface area (Å²) in [5.41, 5.74) is 1.19. The number of hydrogen-bond donors (Lipinski definition) is 1. The number of nitrogens with one attached hydrogen (secondary N) is 1. The van der Waals surface area contributed by atoms with Gasteiger partial charge in [0, 0.05) is 16.6 Å². The van der Waals surface area contributed by atoms with Crippen molar-refractivity contribution in [3.05, 3.63) is 26.6 Å². The quantitative estimate of drug-likeness (QED) is 0.618. The normalized spacial score (nSPS) is 11.1. The molecular formula is C15H23Br2NO. The largest absolute Gasteiger partial charge is 0.492 e. The lowest BCUT2D eigenvalue weighted by Crippen LogP contribution is -2.16. The Morgan fingerprint density at radius 2 is 2.00 bits per heavy atom. The van der Waals surface area contributed by atoms with Crippen molar-refractivity contribution in [2.24, 2.45) is 5.92 Å². The highest BCUT2D eigenvalue weighted by Crippen LogP contribution is 2.32. The molecule has 1 N–H and O–H groups in total. The van der Waals surface area contributed by atoms with Gasteiger partial charge < -0.3 is 10.1 Å². The summed E-state index contributed by atoms with van der Waals surface area (Å²) in [7, 11) is 0. The fourth-order valence-electron chi connectivity index (χ4n) is 1.91. The summed E-state index contributed by atoms with van der Waals surface area (Å²) < 4.78 is 7.78. The molecule has 19 heavy (non-hydrogen) atoms. The van der Waals surface area contributed by atoms with E-state index in [1.54, 1.807) is 0 Å². The van der Waals surface area contributed by atoms with Crippen molar-refractivity contribution in [1.29, 1.82) is 0 Å². The second-order valence-electron chi connectivity index (χ2n) is 5.02. The predicted octanol–water partition coefficient (Wildman–Crippen LogP) is 5.14. The molecule has 0 aliphatic carbocycles. The molecule has 0 saturated heterocycles. The number of hydrogen-bond acceptors (Lipinski definition) is 2. The molecular weight excluding hydrogens is 370 g/mol. The van der Waals surface area contributed by atoms with E-state index in [0.29, 0.717) is 6.61 Å². The zero-order valence-electron chi connectivity index (χ0n) is 11.9. The number of halogens is 2. The topological polar surface area (TPSA) is 21.3 Å². The van der Waals surface area contributed by atoms with Gasteiger partial charge in [0.05, 0.1) is 11.1 Å². The number of ether oxygens (including phenoxy) is 1. The monoisotopic (exact) mass is 391 g/mol. The Hall–Kier alpha value is -0.0600. The Labute approximate surface area is 133 Å². The molecule has 0 radical (unpaired) electrons. The molecule has 0 unspecified atom stereocenters. The van der Waals surface area contributed by atoms with Crippen LogP contribution < -0.4 is 10.1 Å². The average molecular weight is 393 g/mol. The Morgan fingerprint density at radius 1 is 1.26 bits per heavy atom. The number of rotatable bonds is 8. The summed E-state index contributed by atoms with van der Waals surface area (Å²) in [6.45, 7) is 9.10. The molecule has 4 heteroatoms. The highest BCUT2D eigenvalue weighted by molar-refractivity contribution is 9.11. The van der Waals surface area contributed by atoms with Crippen molar-refractivity contribution in [3.8, 4) is 5.75 Å². The molecule has 1 rings (SSSR count). The van der Waals surface area contributed by atoms with E-state index in [1.807, 2.05) is 13.0 Å². The number of benzene rings is 1. The fourth-order valence-corrected chi connectivity index (χ4v) is 3.34. The molecule has 0 aromatic heterocycles. The standard InChI is InChI=1S/C15H23Br2NO/c1-4-19-15-12(8-13(16)9-14(15)17)10-18-7-5-6-11(2)3/h8-9,11,18H,4-7,10H2,1-3H3. The van der Waals surface area contributed by atoms with Gasteiger partial charge in [0.1, 0.15) is 5.75 Å². The van der Waals surface area contributed by atoms with Crippen molar-refractivity contribution >= 4 is 31.9 Å². The van der Waals surface area contributed by atoms with Gasteiger partial charge in [-0.1, -0.05) is 29.8 Å². The van der Waals surface area contributed by atoms with Gasteiger partial charge in [0.25, 0.3) is 0 Å². The summed E-state index contributed by atoms with van der Waals surface area (Å²) >= 11 is 7.08. The van der Waals surface area contributed by atoms with Crippen molar-refractivity contribution in [1.82, 2.24) is 5.32 Å². The Morgan fingerprint density at radius 3 is 2.63 bits per heavy atom. The van der Waals surface area contributed by atoms with Crippen LogP contribution in [0.5, 0.6) is 5.75 Å². The molecule has 0 bridgehead atoms. The summed E-state index contributed by atoms with van der Waals surface area (Å²) in [5.74, 6) is 1.72. The van der Waals surface area contributed by atoms with E-state index in [-0.39, 0.29) is 0 Å². The minimum Gasteiger partial charge on any atom is -0.492 e. The zero-order valence-corrected chi connectivity index (χ0v) is 15.1. The van der Waals surface area contributed by atoms with Gasteiger partial charge >= 0.3 is 0 Å². The highest BCUT2D eigenvalue weighted by atomic mass is 79.9. The third kappa shape index (κ3) is 6.28. The van der Waals surface area contributed by atoms with Crippen LogP contribution in [-0.2, 0) is 6.54 Å². The lowest BCUT2D eigenvalue weighted by molar-refractivity contribution is 0.333. The molecule has 2 nitrogen and oxygen atoms in total. The minimum atomic E-state index is 0.681. The Balaban J connectivity index is 2.56. The lowest BCUT2D eigenvalue weighted by atomic mass is 10.1. The molecule has 0 aliphatic heterocycles. The van der Waals surface area contributed by atoms with E-state index < -0.39 is 0 Å². The Bertz CT molecular complexity index is 394. The van der Waals surface area contributed by atoms with E-state index in [0.717, 1.165) is 33.7 Å². The van der Waals surface area contributed by atoms with Gasteiger partial charge in [-0.3, -0.25) is 0 Å². The van der Waals surface area contributed by atoms with E-state index in [1.165, 1.54) is 18.4 Å². The maximum atomic E-state index is 5.71. The van der Waals surface area contributed by atoms with Crippen LogP contribution in [0.3, 0.4) is 0 Å². The van der Waals surface area contributed by atoms with Crippen LogP contribution in [0.25, 0.3) is 0 Å². The molecule has 0 spiro atoms. The lowest BCUT2D eigenvalue weighted by Gasteiger charge is -2.14. The van der Waals surface area contributed by atoms with Crippen LogP contribution in [0.2, 0.25) is 0 Å². The van der Waals surface area contributed by atoms with Gasteiger partial charge in [0.15, 0.2) is 0 Å². The van der Waals surface area contributed by atoms with Crippen LogP contribution in [0.15, 0.2) is 21.1 Å². The van der Waals surface area contributed by atoms with Gasteiger partial charge in [-0.2, -0.15) is 0 Å². The smallest absolute Gasteiger partial charge is 0.138 e. The van der Waals surface area contributed by atoms with E-state index >= 15 is 0 Å². The summed E-state index contributed by atoms with van der Waals surface area (Å²) in [4.78, 5) is 0. The van der Waals surface area contributed by atoms with Crippen LogP contribution in [0, 0.1) is 5.92 Å². The first-order chi connectivity index (χ1) is 9.04. The molecule has 0 atom stereocenters. The second kappa shape index (κ2) is 8.98. The highest BCUT2D eigenvalue weighted by Gasteiger charge is 2.09. The molecule has 0 aliphatic rings. The molecule has 0 heterocycles. The SMILES string of the molecule is CCOc1c(Br)cc(Br)cc1CNCCCC(C)C. The molecule has 0 saturated carbocycles. The minimum absolute atomic E-state index is 0.681. The average Bonchev–Trinajstić information content (AvgIpc) is 2.32. The molecule has 0 amide bonds. The predicted molar refractivity (Wildman–Crippen MR) is 88.8 cm³/mol. The molecule has 1 aromatic carbocycles. The first-order valence-corrected chi connectivity index (χ1v) is 8.44. The fraction of sp³-hybridized carbons (Fsp3) is 0.600. The van der Waals surface area contributed by atoms with Gasteiger partial charge in [-0.05, 0) is 60.3 Å². The van der Waals surface area contributed by atoms with Crippen molar-refractivity contribution < 1.29 is 4.74 Å². The maximum absolute atomic E-state index is 5.71. The molecule has 108 valence electrons. The first-order valence-electron chi connectivity index (χ1n) is 6.86. The molecule has 1 aromatic rings. The second-order valence-corrected chi connectivity index (χ2v) is 6.79. The van der Waals surface area contributed by atoms with Crippen molar-refractivity contribution in [3.63, 3.8) is 0 Å². The molecule has 0 fully saturated rings. The maximum Gasteiger partial charge on any atom is 0.138 e. The van der Waals surface area contributed by atoms with E-state index in [4.69, 9.17) is 4.74 Å². The van der Waals surface area contributed by atoms with Gasteiger partial charge in [-0.15, -0.1) is 0 Å². The summed E-state index contributed by atoms with van der Waals surface area (Å²) in [6, 6.07) is 4.14. The van der Waals surface area contributed by atoms with Gasteiger partial charge in [-0.25, -0.2) is 0 Å².